The van der Waals surface area contributed by atoms with E-state index in [0.29, 0.717) is 17.9 Å². The smallest absolute Gasteiger partial charge is 0.178 e. The van der Waals surface area contributed by atoms with Crippen LogP contribution in [-0.4, -0.2) is 24.8 Å². The number of rotatable bonds is 7. The van der Waals surface area contributed by atoms with Crippen molar-refractivity contribution in [2.24, 2.45) is 7.05 Å². The fraction of sp³-hybridized carbons (Fsp3) is 0.179. The summed E-state index contributed by atoms with van der Waals surface area (Å²) in [6.07, 6.45) is 4.10. The molecule has 3 aromatic carbocycles. The minimum absolute atomic E-state index is 0.251. The normalized spacial score (nSPS) is 12.1. The number of nitrogens with one attached hydrogen (secondary N) is 1. The van der Waals surface area contributed by atoms with Gasteiger partial charge in [-0.2, -0.15) is 4.68 Å². The van der Waals surface area contributed by atoms with Crippen LogP contribution in [0.15, 0.2) is 85.2 Å². The number of tetrazole rings is 1. The van der Waals surface area contributed by atoms with Crippen LogP contribution in [0.3, 0.4) is 0 Å². The molecular weight excluding hydrogens is 439 g/mol. The number of hydrogen-bond acceptors (Lipinski definition) is 4. The predicted octanol–water partition coefficient (Wildman–Crippen LogP) is 5.30. The van der Waals surface area contributed by atoms with Gasteiger partial charge in [0.15, 0.2) is 5.82 Å². The largest absolute Gasteiger partial charge is 0.357 e. The average molecular weight is 467 g/mol. The molecule has 176 valence electrons. The first-order valence-corrected chi connectivity index (χ1v) is 11.5. The van der Waals surface area contributed by atoms with Gasteiger partial charge in [-0.3, -0.25) is 5.32 Å². The molecular formula is C28H27FN6. The van der Waals surface area contributed by atoms with Crippen LogP contribution in [0, 0.1) is 19.7 Å². The van der Waals surface area contributed by atoms with Crippen LogP contribution in [-0.2, 0) is 13.6 Å². The summed E-state index contributed by atoms with van der Waals surface area (Å²) in [6.45, 7) is 4.73. The van der Waals surface area contributed by atoms with Crippen LogP contribution in [0.5, 0.6) is 0 Å². The molecule has 1 unspecified atom stereocenters. The quantitative estimate of drug-likeness (QED) is 0.353. The lowest BCUT2D eigenvalue weighted by atomic mass is 9.98. The maximum atomic E-state index is 14.6. The van der Waals surface area contributed by atoms with Gasteiger partial charge in [-0.15, -0.1) is 5.10 Å². The molecule has 2 aromatic heterocycles. The first-order valence-electron chi connectivity index (χ1n) is 11.5. The molecule has 5 aromatic rings. The van der Waals surface area contributed by atoms with E-state index in [-0.39, 0.29) is 11.9 Å². The Morgan fingerprint density at radius 1 is 0.943 bits per heavy atom. The summed E-state index contributed by atoms with van der Waals surface area (Å²) in [5, 5.41) is 16.5. The number of halogens is 1. The Labute approximate surface area is 204 Å². The van der Waals surface area contributed by atoms with E-state index in [1.807, 2.05) is 58.9 Å². The molecule has 0 aliphatic carbocycles. The van der Waals surface area contributed by atoms with Gasteiger partial charge in [0.05, 0.1) is 11.7 Å². The first-order chi connectivity index (χ1) is 17.0. The zero-order valence-electron chi connectivity index (χ0n) is 20.0. The molecule has 1 atom stereocenters. The highest BCUT2D eigenvalue weighted by molar-refractivity contribution is 5.65. The van der Waals surface area contributed by atoms with Crippen molar-refractivity contribution in [3.8, 4) is 16.8 Å². The van der Waals surface area contributed by atoms with Crippen molar-refractivity contribution < 1.29 is 4.39 Å². The van der Waals surface area contributed by atoms with Crippen molar-refractivity contribution in [1.82, 2.24) is 30.1 Å². The third-order valence-corrected chi connectivity index (χ3v) is 6.21. The molecule has 2 heterocycles. The molecule has 0 amide bonds. The molecule has 0 saturated carbocycles. The van der Waals surface area contributed by atoms with E-state index < -0.39 is 0 Å². The fourth-order valence-corrected chi connectivity index (χ4v) is 4.50. The van der Waals surface area contributed by atoms with Crippen LogP contribution in [0.1, 0.15) is 34.1 Å². The Bertz CT molecular complexity index is 1450. The Balaban J connectivity index is 1.60. The standard InChI is InChI=1S/C28H27FN6/c1-19-8-6-9-20(2)27(19)35-28(31-32-33-35)26(30-17-21-14-15-34(3)18-21)23-11-7-10-22(16-23)24-12-4-5-13-25(24)29/h4-16,18,26,30H,17H2,1-3H3. The number of para-hydroxylation sites is 1. The van der Waals surface area contributed by atoms with Crippen molar-refractivity contribution in [2.75, 3.05) is 0 Å². The Morgan fingerprint density at radius 3 is 2.46 bits per heavy atom. The van der Waals surface area contributed by atoms with Crippen molar-refractivity contribution in [3.63, 3.8) is 0 Å². The van der Waals surface area contributed by atoms with Crippen molar-refractivity contribution >= 4 is 0 Å². The third kappa shape index (κ3) is 4.63. The molecule has 0 saturated heterocycles. The van der Waals surface area contributed by atoms with Crippen LogP contribution >= 0.6 is 0 Å². The topological polar surface area (TPSA) is 60.6 Å². The van der Waals surface area contributed by atoms with Gasteiger partial charge >= 0.3 is 0 Å². The van der Waals surface area contributed by atoms with Gasteiger partial charge in [-0.05, 0) is 70.3 Å². The number of nitrogens with zero attached hydrogens (tertiary/aromatic N) is 5. The van der Waals surface area contributed by atoms with Crippen LogP contribution < -0.4 is 5.32 Å². The fourth-order valence-electron chi connectivity index (χ4n) is 4.50. The zero-order chi connectivity index (χ0) is 24.4. The second kappa shape index (κ2) is 9.64. The Kier molecular flexibility index (Phi) is 6.25. The molecule has 0 fully saturated rings. The Hall–Kier alpha value is -4.10. The van der Waals surface area contributed by atoms with Crippen LogP contribution in [0.4, 0.5) is 4.39 Å². The summed E-state index contributed by atoms with van der Waals surface area (Å²) in [6, 6.07) is 22.6. The van der Waals surface area contributed by atoms with Gasteiger partial charge in [0.1, 0.15) is 5.82 Å². The van der Waals surface area contributed by atoms with Gasteiger partial charge in [0.25, 0.3) is 0 Å². The summed E-state index contributed by atoms with van der Waals surface area (Å²) in [5.41, 5.74) is 6.59. The highest BCUT2D eigenvalue weighted by Gasteiger charge is 2.24. The lowest BCUT2D eigenvalue weighted by Crippen LogP contribution is -2.25. The minimum atomic E-state index is -0.323. The van der Waals surface area contributed by atoms with Gasteiger partial charge in [-0.1, -0.05) is 54.6 Å². The van der Waals surface area contributed by atoms with Crippen LogP contribution in [0.2, 0.25) is 0 Å². The molecule has 0 aliphatic rings. The number of benzene rings is 3. The number of aromatic nitrogens is 5. The minimum Gasteiger partial charge on any atom is -0.357 e. The van der Waals surface area contributed by atoms with E-state index >= 15 is 0 Å². The second-order valence-corrected chi connectivity index (χ2v) is 8.79. The highest BCUT2D eigenvalue weighted by Crippen LogP contribution is 2.30. The van der Waals surface area contributed by atoms with Crippen LogP contribution in [0.25, 0.3) is 16.8 Å². The Morgan fingerprint density at radius 2 is 1.71 bits per heavy atom. The summed E-state index contributed by atoms with van der Waals surface area (Å²) in [7, 11) is 2.00. The van der Waals surface area contributed by atoms with Gasteiger partial charge in [0, 0.05) is 31.5 Å². The summed E-state index contributed by atoms with van der Waals surface area (Å²) in [4.78, 5) is 0. The van der Waals surface area contributed by atoms with Gasteiger partial charge < -0.3 is 4.57 Å². The van der Waals surface area contributed by atoms with Crippen molar-refractivity contribution in [3.05, 3.63) is 119 Å². The molecule has 5 rings (SSSR count). The lowest BCUT2D eigenvalue weighted by molar-refractivity contribution is 0.559. The van der Waals surface area contributed by atoms with Gasteiger partial charge in [0.2, 0.25) is 0 Å². The zero-order valence-corrected chi connectivity index (χ0v) is 20.0. The molecule has 0 radical (unpaired) electrons. The molecule has 0 spiro atoms. The maximum Gasteiger partial charge on any atom is 0.178 e. The van der Waals surface area contributed by atoms with Crippen molar-refractivity contribution in [2.45, 2.75) is 26.4 Å². The molecule has 6 nitrogen and oxygen atoms in total. The van der Waals surface area contributed by atoms with Gasteiger partial charge in [-0.25, -0.2) is 4.39 Å². The van der Waals surface area contributed by atoms with E-state index in [1.165, 1.54) is 6.07 Å². The number of aryl methyl sites for hydroxylation is 3. The second-order valence-electron chi connectivity index (χ2n) is 8.79. The summed E-state index contributed by atoms with van der Waals surface area (Å²) < 4.78 is 18.4. The predicted molar refractivity (Wildman–Crippen MR) is 135 cm³/mol. The summed E-state index contributed by atoms with van der Waals surface area (Å²) >= 11 is 0. The number of hydrogen-bond donors (Lipinski definition) is 1. The molecule has 0 aliphatic heterocycles. The first kappa shape index (κ1) is 22.7. The molecule has 7 heteroatoms. The highest BCUT2D eigenvalue weighted by atomic mass is 19.1. The van der Waals surface area contributed by atoms with E-state index in [4.69, 9.17) is 0 Å². The van der Waals surface area contributed by atoms with E-state index in [9.17, 15) is 4.39 Å². The molecule has 0 bridgehead atoms. The van der Waals surface area contributed by atoms with E-state index in [1.54, 1.807) is 12.1 Å². The average Bonchev–Trinajstić information content (AvgIpc) is 3.49. The molecule has 35 heavy (non-hydrogen) atoms. The van der Waals surface area contributed by atoms with E-state index in [0.717, 1.165) is 33.5 Å². The SMILES string of the molecule is Cc1cccc(C)c1-n1nnnc1C(NCc1ccn(C)c1)c1cccc(-c2ccccc2F)c1. The summed E-state index contributed by atoms with van der Waals surface area (Å²) in [5.74, 6) is 0.419. The lowest BCUT2D eigenvalue weighted by Gasteiger charge is -2.20. The molecule has 1 N–H and O–H groups in total. The maximum absolute atomic E-state index is 14.6. The monoisotopic (exact) mass is 466 g/mol. The van der Waals surface area contributed by atoms with Crippen molar-refractivity contribution in [1.29, 1.82) is 0 Å². The third-order valence-electron chi connectivity index (χ3n) is 6.21. The van der Waals surface area contributed by atoms with E-state index in [2.05, 4.69) is 59.1 Å².